The molecule has 0 aromatic heterocycles. The van der Waals surface area contributed by atoms with Gasteiger partial charge in [0.05, 0.1) is 13.2 Å². The lowest BCUT2D eigenvalue weighted by Gasteiger charge is -2.28. The molecule has 0 N–H and O–H groups in total. The summed E-state index contributed by atoms with van der Waals surface area (Å²) >= 11 is 0. The lowest BCUT2D eigenvalue weighted by Crippen LogP contribution is -2.24. The summed E-state index contributed by atoms with van der Waals surface area (Å²) in [6.45, 7) is 6.74. The van der Waals surface area contributed by atoms with Gasteiger partial charge in [0.2, 0.25) is 0 Å². The van der Waals surface area contributed by atoms with Crippen LogP contribution in [0.15, 0.2) is 0 Å². The van der Waals surface area contributed by atoms with Crippen molar-refractivity contribution < 1.29 is 13.6 Å². The van der Waals surface area contributed by atoms with Crippen molar-refractivity contribution in [1.29, 1.82) is 0 Å². The van der Waals surface area contributed by atoms with Crippen LogP contribution in [0.4, 0.5) is 0 Å². The molecular weight excluding hydrogens is 237 g/mol. The van der Waals surface area contributed by atoms with Gasteiger partial charge in [-0.3, -0.25) is 9.05 Å². The van der Waals surface area contributed by atoms with Crippen LogP contribution in [-0.4, -0.2) is 31.0 Å². The van der Waals surface area contributed by atoms with Crippen molar-refractivity contribution in [1.82, 2.24) is 4.67 Å². The predicted molar refractivity (Wildman–Crippen MR) is 70.1 cm³/mol. The Bertz CT molecular complexity index is 228. The van der Waals surface area contributed by atoms with Crippen LogP contribution in [0, 0.1) is 0 Å². The average molecular weight is 263 g/mol. The van der Waals surface area contributed by atoms with E-state index in [9.17, 15) is 4.57 Å². The third-order valence-electron chi connectivity index (χ3n) is 2.85. The fourth-order valence-electron chi connectivity index (χ4n) is 1.91. The van der Waals surface area contributed by atoms with Crippen LogP contribution in [-0.2, 0) is 13.6 Å². The third-order valence-corrected chi connectivity index (χ3v) is 4.96. The number of rotatable bonds is 7. The smallest absolute Gasteiger partial charge is 0.297 e. The van der Waals surface area contributed by atoms with Gasteiger partial charge in [0, 0.05) is 13.1 Å². The van der Waals surface area contributed by atoms with E-state index in [4.69, 9.17) is 9.05 Å². The lowest BCUT2D eigenvalue weighted by atomic mass is 10.2. The van der Waals surface area contributed by atoms with E-state index in [1.807, 2.05) is 18.5 Å². The normalized spacial score (nSPS) is 19.2. The van der Waals surface area contributed by atoms with Crippen molar-refractivity contribution in [3.63, 3.8) is 0 Å². The van der Waals surface area contributed by atoms with Gasteiger partial charge in [-0.2, -0.15) is 0 Å². The molecule has 0 aliphatic carbocycles. The van der Waals surface area contributed by atoms with E-state index in [1.54, 1.807) is 0 Å². The summed E-state index contributed by atoms with van der Waals surface area (Å²) in [4.78, 5) is 0. The highest BCUT2D eigenvalue weighted by molar-refractivity contribution is 7.51. The third kappa shape index (κ3) is 5.09. The Kier molecular flexibility index (Phi) is 7.36. The highest BCUT2D eigenvalue weighted by atomic mass is 31.2. The fraction of sp³-hybridized carbons (Fsp3) is 1.00. The molecule has 0 saturated carbocycles. The minimum Gasteiger partial charge on any atom is -0.297 e. The van der Waals surface area contributed by atoms with Crippen LogP contribution >= 0.6 is 7.75 Å². The summed E-state index contributed by atoms with van der Waals surface area (Å²) in [5, 5.41) is 0. The Balaban J connectivity index is 2.61. The Morgan fingerprint density at radius 1 is 0.941 bits per heavy atom. The molecule has 0 bridgehead atoms. The highest BCUT2D eigenvalue weighted by Gasteiger charge is 2.33. The first-order valence-corrected chi connectivity index (χ1v) is 8.37. The standard InChI is InChI=1S/C12H26NO3P/c1-3-11-15-17(14,16-12-4-2)13-9-7-5-6-8-10-13/h3-12H2,1-2H3. The van der Waals surface area contributed by atoms with Crippen molar-refractivity contribution >= 4 is 7.75 Å². The highest BCUT2D eigenvalue weighted by Crippen LogP contribution is 2.52. The van der Waals surface area contributed by atoms with Crippen LogP contribution in [0.1, 0.15) is 52.4 Å². The molecule has 0 aromatic rings. The number of hydrogen-bond donors (Lipinski definition) is 0. The molecule has 102 valence electrons. The van der Waals surface area contributed by atoms with Crippen LogP contribution in [0.25, 0.3) is 0 Å². The van der Waals surface area contributed by atoms with Crippen molar-refractivity contribution in [2.24, 2.45) is 0 Å². The summed E-state index contributed by atoms with van der Waals surface area (Å²) in [7, 11) is -3.02. The Morgan fingerprint density at radius 2 is 1.41 bits per heavy atom. The SMILES string of the molecule is CCCOP(=O)(OCCC)N1CCCCCC1. The van der Waals surface area contributed by atoms with E-state index >= 15 is 0 Å². The molecule has 1 aliphatic heterocycles. The number of nitrogens with zero attached hydrogens (tertiary/aromatic N) is 1. The molecular formula is C12H26NO3P. The van der Waals surface area contributed by atoms with Gasteiger partial charge in [-0.25, -0.2) is 9.24 Å². The van der Waals surface area contributed by atoms with E-state index in [1.165, 1.54) is 12.8 Å². The van der Waals surface area contributed by atoms with Gasteiger partial charge in [0.1, 0.15) is 0 Å². The Labute approximate surface area is 105 Å². The zero-order valence-corrected chi connectivity index (χ0v) is 12.1. The van der Waals surface area contributed by atoms with Gasteiger partial charge < -0.3 is 0 Å². The van der Waals surface area contributed by atoms with Gasteiger partial charge >= 0.3 is 7.75 Å². The molecule has 5 heteroatoms. The molecule has 4 nitrogen and oxygen atoms in total. The van der Waals surface area contributed by atoms with Crippen LogP contribution in [0.3, 0.4) is 0 Å². The maximum atomic E-state index is 12.7. The van der Waals surface area contributed by atoms with E-state index in [2.05, 4.69) is 0 Å². The summed E-state index contributed by atoms with van der Waals surface area (Å²) in [5.74, 6) is 0. The van der Waals surface area contributed by atoms with Crippen molar-refractivity contribution in [2.75, 3.05) is 26.3 Å². The van der Waals surface area contributed by atoms with E-state index in [0.717, 1.165) is 38.8 Å². The zero-order chi connectivity index (χ0) is 12.6. The summed E-state index contributed by atoms with van der Waals surface area (Å²) in [6, 6.07) is 0. The molecule has 0 radical (unpaired) electrons. The monoisotopic (exact) mass is 263 g/mol. The Morgan fingerprint density at radius 3 is 1.82 bits per heavy atom. The summed E-state index contributed by atoms with van der Waals surface area (Å²) in [6.07, 6.45) is 6.36. The largest absolute Gasteiger partial charge is 0.408 e. The molecule has 0 amide bonds. The van der Waals surface area contributed by atoms with E-state index in [0.29, 0.717) is 13.2 Å². The first-order valence-electron chi connectivity index (χ1n) is 6.87. The first kappa shape index (κ1) is 15.2. The maximum absolute atomic E-state index is 12.7. The second kappa shape index (κ2) is 8.25. The van der Waals surface area contributed by atoms with Gasteiger partial charge in [-0.1, -0.05) is 26.7 Å². The molecule has 1 aliphatic rings. The molecule has 0 unspecified atom stereocenters. The molecule has 0 spiro atoms. The van der Waals surface area contributed by atoms with Crippen LogP contribution in [0.2, 0.25) is 0 Å². The quantitative estimate of drug-likeness (QED) is 0.654. The average Bonchev–Trinajstić information content (AvgIpc) is 2.63. The van der Waals surface area contributed by atoms with Crippen molar-refractivity contribution in [3.05, 3.63) is 0 Å². The molecule has 1 saturated heterocycles. The predicted octanol–water partition coefficient (Wildman–Crippen LogP) is 3.82. The Hall–Kier alpha value is 0.110. The van der Waals surface area contributed by atoms with Gasteiger partial charge in [0.25, 0.3) is 0 Å². The fourth-order valence-corrected chi connectivity index (χ4v) is 3.91. The topological polar surface area (TPSA) is 38.8 Å². The van der Waals surface area contributed by atoms with Gasteiger partial charge in [0.15, 0.2) is 0 Å². The zero-order valence-electron chi connectivity index (χ0n) is 11.2. The van der Waals surface area contributed by atoms with Crippen LogP contribution < -0.4 is 0 Å². The molecule has 0 atom stereocenters. The molecule has 1 heterocycles. The molecule has 1 rings (SSSR count). The van der Waals surface area contributed by atoms with E-state index < -0.39 is 7.75 Å². The van der Waals surface area contributed by atoms with Crippen molar-refractivity contribution in [2.45, 2.75) is 52.4 Å². The first-order chi connectivity index (χ1) is 8.23. The van der Waals surface area contributed by atoms with Gasteiger partial charge in [-0.05, 0) is 25.7 Å². The maximum Gasteiger partial charge on any atom is 0.408 e. The summed E-state index contributed by atoms with van der Waals surface area (Å²) in [5.41, 5.74) is 0. The minimum atomic E-state index is -3.02. The molecule has 1 fully saturated rings. The minimum absolute atomic E-state index is 0.511. The van der Waals surface area contributed by atoms with Crippen LogP contribution in [0.5, 0.6) is 0 Å². The van der Waals surface area contributed by atoms with Gasteiger partial charge in [-0.15, -0.1) is 0 Å². The number of hydrogen-bond acceptors (Lipinski definition) is 3. The van der Waals surface area contributed by atoms with Crippen molar-refractivity contribution in [3.8, 4) is 0 Å². The lowest BCUT2D eigenvalue weighted by molar-refractivity contribution is 0.157. The second-order valence-electron chi connectivity index (χ2n) is 4.50. The summed E-state index contributed by atoms with van der Waals surface area (Å²) < 4.78 is 25.7. The van der Waals surface area contributed by atoms with E-state index in [-0.39, 0.29) is 0 Å². The second-order valence-corrected chi connectivity index (χ2v) is 6.52. The molecule has 0 aromatic carbocycles. The molecule has 17 heavy (non-hydrogen) atoms.